The van der Waals surface area contributed by atoms with Gasteiger partial charge in [0.25, 0.3) is 0 Å². The Hall–Kier alpha value is -1.76. The third-order valence-electron chi connectivity index (χ3n) is 4.32. The zero-order valence-corrected chi connectivity index (χ0v) is 14.7. The van der Waals surface area contributed by atoms with Crippen molar-refractivity contribution in [2.45, 2.75) is 19.2 Å². The van der Waals surface area contributed by atoms with Crippen molar-refractivity contribution < 1.29 is 8.42 Å². The molecule has 1 aromatic heterocycles. The number of hydrogen-bond acceptors (Lipinski definition) is 4. The third kappa shape index (κ3) is 4.41. The molecule has 1 aliphatic rings. The van der Waals surface area contributed by atoms with Gasteiger partial charge in [0.2, 0.25) is 10.0 Å². The quantitative estimate of drug-likeness (QED) is 0.832. The van der Waals surface area contributed by atoms with Crippen LogP contribution in [0.3, 0.4) is 0 Å². The molecule has 0 bridgehead atoms. The van der Waals surface area contributed by atoms with Gasteiger partial charge in [-0.25, -0.2) is 8.42 Å². The largest absolute Gasteiger partial charge is 0.296 e. The number of pyridine rings is 1. The number of piperazine rings is 1. The number of hydrogen-bond donors (Lipinski definition) is 0. The van der Waals surface area contributed by atoms with Gasteiger partial charge in [0.05, 0.1) is 5.75 Å². The average Bonchev–Trinajstić information content (AvgIpc) is 2.58. The van der Waals surface area contributed by atoms with Crippen LogP contribution in [0.4, 0.5) is 0 Å². The van der Waals surface area contributed by atoms with Crippen molar-refractivity contribution in [1.29, 1.82) is 0 Å². The summed E-state index contributed by atoms with van der Waals surface area (Å²) < 4.78 is 26.8. The van der Waals surface area contributed by atoms with Crippen LogP contribution in [0.2, 0.25) is 0 Å². The molecular weight excluding hydrogens is 322 g/mol. The van der Waals surface area contributed by atoms with Crippen LogP contribution in [0, 0.1) is 6.92 Å². The number of sulfonamides is 1. The summed E-state index contributed by atoms with van der Waals surface area (Å²) in [6, 6.07) is 11.7. The second-order valence-corrected chi connectivity index (χ2v) is 8.25. The summed E-state index contributed by atoms with van der Waals surface area (Å²) in [5.41, 5.74) is 3.15. The van der Waals surface area contributed by atoms with Crippen LogP contribution in [-0.4, -0.2) is 48.8 Å². The maximum absolute atomic E-state index is 12.6. The van der Waals surface area contributed by atoms with Crippen LogP contribution in [0.25, 0.3) is 0 Å². The molecule has 0 atom stereocenters. The Morgan fingerprint density at radius 1 is 1.00 bits per heavy atom. The van der Waals surface area contributed by atoms with E-state index in [0.29, 0.717) is 13.1 Å². The second kappa shape index (κ2) is 7.42. The normalized spacial score (nSPS) is 17.0. The third-order valence-corrected chi connectivity index (χ3v) is 6.17. The van der Waals surface area contributed by atoms with E-state index in [2.05, 4.69) is 9.88 Å². The molecule has 0 unspecified atom stereocenters. The average molecular weight is 345 g/mol. The van der Waals surface area contributed by atoms with Crippen LogP contribution in [-0.2, 0) is 22.3 Å². The lowest BCUT2D eigenvalue weighted by Gasteiger charge is -2.34. The minimum atomic E-state index is -3.25. The molecule has 3 rings (SSSR count). The van der Waals surface area contributed by atoms with Crippen molar-refractivity contribution in [1.82, 2.24) is 14.2 Å². The van der Waals surface area contributed by atoms with Gasteiger partial charge in [0.15, 0.2) is 0 Å². The van der Waals surface area contributed by atoms with Gasteiger partial charge in [-0.05, 0) is 24.1 Å². The van der Waals surface area contributed by atoms with E-state index in [1.54, 1.807) is 10.5 Å². The van der Waals surface area contributed by atoms with Crippen molar-refractivity contribution in [2.24, 2.45) is 0 Å². The summed E-state index contributed by atoms with van der Waals surface area (Å²) in [7, 11) is -3.25. The molecule has 0 aliphatic carbocycles. The van der Waals surface area contributed by atoms with E-state index in [4.69, 9.17) is 0 Å². The van der Waals surface area contributed by atoms with Crippen LogP contribution in [0.15, 0.2) is 48.8 Å². The van der Waals surface area contributed by atoms with Gasteiger partial charge in [-0.1, -0.05) is 35.9 Å². The highest BCUT2D eigenvalue weighted by atomic mass is 32.2. The predicted octanol–water partition coefficient (Wildman–Crippen LogP) is 2.04. The number of nitrogens with zero attached hydrogens (tertiary/aromatic N) is 3. The van der Waals surface area contributed by atoms with Gasteiger partial charge in [-0.15, -0.1) is 0 Å². The van der Waals surface area contributed by atoms with Gasteiger partial charge >= 0.3 is 0 Å². The smallest absolute Gasteiger partial charge is 0.218 e. The first kappa shape index (κ1) is 17.1. The second-order valence-electron chi connectivity index (χ2n) is 6.28. The molecule has 0 radical (unpaired) electrons. The molecule has 1 fully saturated rings. The predicted molar refractivity (Wildman–Crippen MR) is 94.9 cm³/mol. The summed E-state index contributed by atoms with van der Waals surface area (Å²) in [6.45, 7) is 5.42. The molecule has 24 heavy (non-hydrogen) atoms. The lowest BCUT2D eigenvalue weighted by atomic mass is 10.2. The molecule has 2 heterocycles. The Bertz CT molecular complexity index is 753. The van der Waals surface area contributed by atoms with Gasteiger partial charge < -0.3 is 0 Å². The zero-order valence-electron chi connectivity index (χ0n) is 13.9. The topological polar surface area (TPSA) is 53.5 Å². The zero-order chi connectivity index (χ0) is 17.0. The van der Waals surface area contributed by atoms with Crippen LogP contribution in [0.5, 0.6) is 0 Å². The van der Waals surface area contributed by atoms with Crippen molar-refractivity contribution in [2.75, 3.05) is 26.2 Å². The first-order chi connectivity index (χ1) is 11.5. The number of aromatic nitrogens is 1. The van der Waals surface area contributed by atoms with E-state index in [1.165, 1.54) is 0 Å². The molecule has 0 N–H and O–H groups in total. The summed E-state index contributed by atoms with van der Waals surface area (Å²) in [5, 5.41) is 0. The minimum Gasteiger partial charge on any atom is -0.296 e. The molecule has 128 valence electrons. The minimum absolute atomic E-state index is 0.0793. The summed E-state index contributed by atoms with van der Waals surface area (Å²) in [4.78, 5) is 6.40. The fraction of sp³-hybridized carbons (Fsp3) is 0.389. The van der Waals surface area contributed by atoms with E-state index in [0.717, 1.165) is 36.3 Å². The number of benzene rings is 1. The Morgan fingerprint density at radius 3 is 2.33 bits per heavy atom. The highest BCUT2D eigenvalue weighted by Crippen LogP contribution is 2.15. The molecule has 2 aromatic rings. The molecule has 1 aromatic carbocycles. The molecule has 0 spiro atoms. The maximum atomic E-state index is 12.6. The van der Waals surface area contributed by atoms with Crippen molar-refractivity contribution >= 4 is 10.0 Å². The Labute approximate surface area is 144 Å². The van der Waals surface area contributed by atoms with E-state index in [-0.39, 0.29) is 5.75 Å². The molecule has 6 heteroatoms. The monoisotopic (exact) mass is 345 g/mol. The SMILES string of the molecule is Cc1ccc(CS(=O)(=O)N2CCN(Cc3cccnc3)CC2)cc1. The van der Waals surface area contributed by atoms with E-state index < -0.39 is 10.0 Å². The fourth-order valence-electron chi connectivity index (χ4n) is 2.90. The molecule has 0 saturated carbocycles. The number of aryl methyl sites for hydroxylation is 1. The summed E-state index contributed by atoms with van der Waals surface area (Å²) in [5.74, 6) is 0.0793. The Balaban J connectivity index is 1.56. The molecule has 1 saturated heterocycles. The van der Waals surface area contributed by atoms with E-state index in [9.17, 15) is 8.42 Å². The summed E-state index contributed by atoms with van der Waals surface area (Å²) in [6.07, 6.45) is 3.62. The van der Waals surface area contributed by atoms with Crippen molar-refractivity contribution in [3.63, 3.8) is 0 Å². The summed E-state index contributed by atoms with van der Waals surface area (Å²) >= 11 is 0. The molecular formula is C18H23N3O2S. The van der Waals surface area contributed by atoms with Crippen LogP contribution < -0.4 is 0 Å². The molecule has 1 aliphatic heterocycles. The van der Waals surface area contributed by atoms with E-state index >= 15 is 0 Å². The fourth-order valence-corrected chi connectivity index (χ4v) is 4.42. The maximum Gasteiger partial charge on any atom is 0.218 e. The molecule has 5 nitrogen and oxygen atoms in total. The van der Waals surface area contributed by atoms with Crippen LogP contribution in [0.1, 0.15) is 16.7 Å². The van der Waals surface area contributed by atoms with Crippen LogP contribution >= 0.6 is 0 Å². The van der Waals surface area contributed by atoms with E-state index in [1.807, 2.05) is 49.5 Å². The Kier molecular flexibility index (Phi) is 5.28. The Morgan fingerprint density at radius 2 is 1.71 bits per heavy atom. The van der Waals surface area contributed by atoms with Gasteiger partial charge in [-0.2, -0.15) is 4.31 Å². The van der Waals surface area contributed by atoms with Crippen molar-refractivity contribution in [3.8, 4) is 0 Å². The van der Waals surface area contributed by atoms with Crippen molar-refractivity contribution in [3.05, 3.63) is 65.5 Å². The lowest BCUT2D eigenvalue weighted by molar-refractivity contribution is 0.181. The first-order valence-corrected chi connectivity index (χ1v) is 9.78. The highest BCUT2D eigenvalue weighted by Gasteiger charge is 2.27. The number of rotatable bonds is 5. The van der Waals surface area contributed by atoms with Gasteiger partial charge in [-0.3, -0.25) is 9.88 Å². The lowest BCUT2D eigenvalue weighted by Crippen LogP contribution is -2.48. The van der Waals surface area contributed by atoms with Gasteiger partial charge in [0, 0.05) is 45.1 Å². The van der Waals surface area contributed by atoms with Gasteiger partial charge in [0.1, 0.15) is 0 Å². The standard InChI is InChI=1S/C18H23N3O2S/c1-16-4-6-17(7-5-16)15-24(22,23)21-11-9-20(10-12-21)14-18-3-2-8-19-13-18/h2-8,13H,9-12,14-15H2,1H3. The molecule has 0 amide bonds. The highest BCUT2D eigenvalue weighted by molar-refractivity contribution is 7.88. The first-order valence-electron chi connectivity index (χ1n) is 8.17.